The maximum atomic E-state index is 13.3. The molecule has 0 aliphatic carbocycles. The summed E-state index contributed by atoms with van der Waals surface area (Å²) in [6, 6.07) is 3.62. The molecule has 0 radical (unpaired) electrons. The highest BCUT2D eigenvalue weighted by Crippen LogP contribution is 2.36. The Balaban J connectivity index is 2.40. The van der Waals surface area contributed by atoms with Crippen molar-refractivity contribution < 1.29 is 4.39 Å². The molecule has 1 aliphatic heterocycles. The SMILES string of the molecule is CCNC1CSCc2c1ccc(F)c2Cl. The number of halogens is 2. The van der Waals surface area contributed by atoms with Gasteiger partial charge in [0.2, 0.25) is 0 Å². The maximum Gasteiger partial charge on any atom is 0.142 e. The van der Waals surface area contributed by atoms with E-state index < -0.39 is 0 Å². The first-order chi connectivity index (χ1) is 7.24. The predicted octanol–water partition coefficient (Wildman–Crippen LogP) is 3.38. The average molecular weight is 246 g/mol. The molecule has 0 saturated heterocycles. The van der Waals surface area contributed by atoms with Crippen molar-refractivity contribution in [2.75, 3.05) is 12.3 Å². The lowest BCUT2D eigenvalue weighted by atomic mass is 10.0. The molecule has 0 amide bonds. The molecule has 1 aromatic rings. The van der Waals surface area contributed by atoms with E-state index in [0.717, 1.165) is 29.2 Å². The van der Waals surface area contributed by atoms with E-state index in [-0.39, 0.29) is 5.82 Å². The van der Waals surface area contributed by atoms with Gasteiger partial charge in [0, 0.05) is 17.5 Å². The number of benzene rings is 1. The molecule has 1 N–H and O–H groups in total. The molecule has 1 nitrogen and oxygen atoms in total. The highest BCUT2D eigenvalue weighted by atomic mass is 35.5. The first-order valence-corrected chi connectivity index (χ1v) is 6.55. The Labute approximate surface area is 98.4 Å². The van der Waals surface area contributed by atoms with Crippen molar-refractivity contribution in [2.45, 2.75) is 18.7 Å². The molecular formula is C11H13ClFNS. The third-order valence-electron chi connectivity index (χ3n) is 2.59. The van der Waals surface area contributed by atoms with Gasteiger partial charge in [0.15, 0.2) is 0 Å². The van der Waals surface area contributed by atoms with Crippen molar-refractivity contribution >= 4 is 23.4 Å². The molecule has 1 aromatic carbocycles. The van der Waals surface area contributed by atoms with Gasteiger partial charge in [-0.3, -0.25) is 0 Å². The van der Waals surface area contributed by atoms with Crippen LogP contribution in [0.2, 0.25) is 5.02 Å². The molecule has 0 aromatic heterocycles. The molecule has 4 heteroatoms. The predicted molar refractivity (Wildman–Crippen MR) is 64.0 cm³/mol. The fourth-order valence-electron chi connectivity index (χ4n) is 1.86. The molecule has 0 saturated carbocycles. The topological polar surface area (TPSA) is 12.0 Å². The minimum atomic E-state index is -0.312. The van der Waals surface area contributed by atoms with E-state index in [1.807, 2.05) is 6.07 Å². The van der Waals surface area contributed by atoms with Gasteiger partial charge in [-0.1, -0.05) is 24.6 Å². The number of hydrogen-bond acceptors (Lipinski definition) is 2. The van der Waals surface area contributed by atoms with E-state index >= 15 is 0 Å². The Bertz CT molecular complexity index is 370. The second-order valence-corrected chi connectivity index (χ2v) is 4.96. The van der Waals surface area contributed by atoms with Gasteiger partial charge < -0.3 is 5.32 Å². The van der Waals surface area contributed by atoms with Gasteiger partial charge in [-0.05, 0) is 23.7 Å². The summed E-state index contributed by atoms with van der Waals surface area (Å²) in [6.07, 6.45) is 0. The molecule has 2 rings (SSSR count). The van der Waals surface area contributed by atoms with Crippen LogP contribution in [0, 0.1) is 5.82 Å². The van der Waals surface area contributed by atoms with Crippen molar-refractivity contribution in [1.29, 1.82) is 0 Å². The van der Waals surface area contributed by atoms with Gasteiger partial charge in [-0.15, -0.1) is 0 Å². The Kier molecular flexibility index (Phi) is 3.54. The fraction of sp³-hybridized carbons (Fsp3) is 0.455. The summed E-state index contributed by atoms with van der Waals surface area (Å²) < 4.78 is 13.3. The van der Waals surface area contributed by atoms with Crippen LogP contribution in [0.15, 0.2) is 12.1 Å². The number of rotatable bonds is 2. The van der Waals surface area contributed by atoms with Crippen LogP contribution in [0.25, 0.3) is 0 Å². The van der Waals surface area contributed by atoms with Crippen LogP contribution in [-0.4, -0.2) is 12.3 Å². The van der Waals surface area contributed by atoms with Crippen LogP contribution in [0.5, 0.6) is 0 Å². The highest BCUT2D eigenvalue weighted by molar-refractivity contribution is 7.98. The molecule has 0 fully saturated rings. The number of thioether (sulfide) groups is 1. The van der Waals surface area contributed by atoms with Crippen LogP contribution in [0.3, 0.4) is 0 Å². The Morgan fingerprint density at radius 1 is 1.60 bits per heavy atom. The monoisotopic (exact) mass is 245 g/mol. The fourth-order valence-corrected chi connectivity index (χ4v) is 3.35. The van der Waals surface area contributed by atoms with Crippen LogP contribution >= 0.6 is 23.4 Å². The Morgan fingerprint density at radius 3 is 3.13 bits per heavy atom. The third-order valence-corrected chi connectivity index (χ3v) is 4.06. The standard InChI is InChI=1S/C11H13ClFNS/c1-2-14-10-6-15-5-8-7(10)3-4-9(13)11(8)12/h3-4,10,14H,2,5-6H2,1H3. The molecule has 0 bridgehead atoms. The third kappa shape index (κ3) is 2.14. The zero-order chi connectivity index (χ0) is 10.8. The molecule has 1 heterocycles. The van der Waals surface area contributed by atoms with E-state index in [4.69, 9.17) is 11.6 Å². The van der Waals surface area contributed by atoms with Crippen molar-refractivity contribution in [1.82, 2.24) is 5.32 Å². The zero-order valence-corrected chi connectivity index (χ0v) is 10.1. The van der Waals surface area contributed by atoms with Gasteiger partial charge >= 0.3 is 0 Å². The summed E-state index contributed by atoms with van der Waals surface area (Å²) >= 11 is 7.76. The van der Waals surface area contributed by atoms with Gasteiger partial charge in [0.25, 0.3) is 0 Å². The van der Waals surface area contributed by atoms with E-state index in [0.29, 0.717) is 11.1 Å². The van der Waals surface area contributed by atoms with E-state index in [1.165, 1.54) is 6.07 Å². The number of hydrogen-bond donors (Lipinski definition) is 1. The minimum Gasteiger partial charge on any atom is -0.309 e. The molecule has 0 spiro atoms. The number of fused-ring (bicyclic) bond motifs is 1. The smallest absolute Gasteiger partial charge is 0.142 e. The molecule has 1 atom stereocenters. The summed E-state index contributed by atoms with van der Waals surface area (Å²) in [6.45, 7) is 2.99. The zero-order valence-electron chi connectivity index (χ0n) is 8.52. The Morgan fingerprint density at radius 2 is 2.40 bits per heavy atom. The second kappa shape index (κ2) is 4.73. The van der Waals surface area contributed by atoms with Crippen molar-refractivity contribution in [3.05, 3.63) is 34.1 Å². The Hall–Kier alpha value is -0.250. The summed E-state index contributed by atoms with van der Waals surface area (Å²) in [7, 11) is 0. The summed E-state index contributed by atoms with van der Waals surface area (Å²) in [5, 5.41) is 3.68. The average Bonchev–Trinajstić information content (AvgIpc) is 2.25. The lowest BCUT2D eigenvalue weighted by molar-refractivity contribution is 0.589. The normalized spacial score (nSPS) is 20.1. The lowest BCUT2D eigenvalue weighted by Gasteiger charge is -2.26. The van der Waals surface area contributed by atoms with E-state index in [2.05, 4.69) is 12.2 Å². The molecule has 82 valence electrons. The van der Waals surface area contributed by atoms with Gasteiger partial charge in [-0.25, -0.2) is 4.39 Å². The molecule has 1 aliphatic rings. The summed E-state index contributed by atoms with van der Waals surface area (Å²) in [5.74, 6) is 1.53. The maximum absolute atomic E-state index is 13.3. The largest absolute Gasteiger partial charge is 0.309 e. The van der Waals surface area contributed by atoms with Gasteiger partial charge in [-0.2, -0.15) is 11.8 Å². The molecule has 15 heavy (non-hydrogen) atoms. The van der Waals surface area contributed by atoms with E-state index in [9.17, 15) is 4.39 Å². The van der Waals surface area contributed by atoms with Crippen LogP contribution < -0.4 is 5.32 Å². The minimum absolute atomic E-state index is 0.294. The highest BCUT2D eigenvalue weighted by Gasteiger charge is 2.22. The van der Waals surface area contributed by atoms with Crippen molar-refractivity contribution in [3.8, 4) is 0 Å². The molecular weight excluding hydrogens is 233 g/mol. The summed E-state index contributed by atoms with van der Waals surface area (Å²) in [5.41, 5.74) is 2.11. The first kappa shape index (κ1) is 11.2. The van der Waals surface area contributed by atoms with Crippen molar-refractivity contribution in [2.24, 2.45) is 0 Å². The van der Waals surface area contributed by atoms with Crippen LogP contribution in [0.1, 0.15) is 24.1 Å². The molecule has 1 unspecified atom stereocenters. The van der Waals surface area contributed by atoms with E-state index in [1.54, 1.807) is 11.8 Å². The second-order valence-electron chi connectivity index (χ2n) is 3.55. The summed E-state index contributed by atoms with van der Waals surface area (Å²) in [4.78, 5) is 0. The van der Waals surface area contributed by atoms with Gasteiger partial charge in [0.05, 0.1) is 5.02 Å². The van der Waals surface area contributed by atoms with Crippen molar-refractivity contribution in [3.63, 3.8) is 0 Å². The number of nitrogens with one attached hydrogen (secondary N) is 1. The van der Waals surface area contributed by atoms with Crippen LogP contribution in [-0.2, 0) is 5.75 Å². The quantitative estimate of drug-likeness (QED) is 0.858. The first-order valence-electron chi connectivity index (χ1n) is 5.02. The lowest BCUT2D eigenvalue weighted by Crippen LogP contribution is -2.26. The van der Waals surface area contributed by atoms with Crippen LogP contribution in [0.4, 0.5) is 4.39 Å². The van der Waals surface area contributed by atoms with Gasteiger partial charge in [0.1, 0.15) is 5.82 Å².